The molecule has 0 radical (unpaired) electrons. The number of amides is 1. The average molecular weight is 905 g/mol. The van der Waals surface area contributed by atoms with Gasteiger partial charge in [-0.2, -0.15) is 0 Å². The molecule has 64 heavy (non-hydrogen) atoms. The monoisotopic (exact) mass is 904 g/mol. The molecular weight excluding hydrogens is 791 g/mol. The molecular formula is C58H113NO5. The third-order valence-electron chi connectivity index (χ3n) is 13.6. The second kappa shape index (κ2) is 54.2. The maximum atomic E-state index is 12.5. The molecule has 0 aromatic rings. The molecule has 0 rings (SSSR count). The van der Waals surface area contributed by atoms with Crippen molar-refractivity contribution in [3.63, 3.8) is 0 Å². The molecule has 380 valence electrons. The lowest BCUT2D eigenvalue weighted by molar-refractivity contribution is -0.143. The lowest BCUT2D eigenvalue weighted by atomic mass is 10.0. The quantitative estimate of drug-likeness (QED) is 0.0321. The SMILES string of the molecule is CCCCCCCCC/C=C\CCCCCCCCCC(=O)OCCCCCCCCCCCCCCCCC(=O)NC(CO)C(O)CCCCCCCCCCCCCCCCC. The molecule has 0 saturated heterocycles. The molecule has 2 atom stereocenters. The van der Waals surface area contributed by atoms with Crippen LogP contribution in [0.4, 0.5) is 0 Å². The van der Waals surface area contributed by atoms with Gasteiger partial charge in [0.1, 0.15) is 0 Å². The van der Waals surface area contributed by atoms with Crippen LogP contribution in [0.1, 0.15) is 322 Å². The van der Waals surface area contributed by atoms with Crippen LogP contribution in [0.3, 0.4) is 0 Å². The zero-order chi connectivity index (χ0) is 46.5. The van der Waals surface area contributed by atoms with Crippen molar-refractivity contribution in [1.82, 2.24) is 5.32 Å². The molecule has 6 nitrogen and oxygen atoms in total. The minimum Gasteiger partial charge on any atom is -0.466 e. The largest absolute Gasteiger partial charge is 0.466 e. The van der Waals surface area contributed by atoms with Gasteiger partial charge in [0.25, 0.3) is 0 Å². The van der Waals surface area contributed by atoms with E-state index in [4.69, 9.17) is 4.74 Å². The molecule has 0 aliphatic rings. The number of esters is 1. The van der Waals surface area contributed by atoms with Gasteiger partial charge in [0.15, 0.2) is 0 Å². The van der Waals surface area contributed by atoms with Gasteiger partial charge in [0, 0.05) is 12.8 Å². The highest BCUT2D eigenvalue weighted by Crippen LogP contribution is 2.17. The minimum atomic E-state index is -0.670. The number of hydrogen-bond donors (Lipinski definition) is 3. The van der Waals surface area contributed by atoms with Gasteiger partial charge >= 0.3 is 5.97 Å². The molecule has 0 aromatic carbocycles. The van der Waals surface area contributed by atoms with Crippen LogP contribution in [-0.2, 0) is 14.3 Å². The number of hydrogen-bond acceptors (Lipinski definition) is 5. The minimum absolute atomic E-state index is 0.00434. The first-order valence-electron chi connectivity index (χ1n) is 28.9. The molecule has 2 unspecified atom stereocenters. The Morgan fingerprint density at radius 1 is 0.422 bits per heavy atom. The van der Waals surface area contributed by atoms with Crippen molar-refractivity contribution >= 4 is 11.9 Å². The highest BCUT2D eigenvalue weighted by molar-refractivity contribution is 5.76. The van der Waals surface area contributed by atoms with E-state index in [1.54, 1.807) is 0 Å². The standard InChI is InChI=1S/C58H113NO5/c1-3-5-7-9-11-13-15-17-19-20-21-23-28-32-36-40-44-48-52-58(63)64-53-49-45-41-37-33-29-25-24-27-31-35-39-43-47-51-57(62)59-55(54-60)56(61)50-46-42-38-34-30-26-22-18-16-14-12-10-8-6-4-2/h19-20,55-56,60-61H,3-18,21-54H2,1-2H3,(H,59,62)/b20-19-. The summed E-state index contributed by atoms with van der Waals surface area (Å²) in [7, 11) is 0. The molecule has 6 heteroatoms. The molecule has 0 heterocycles. The van der Waals surface area contributed by atoms with Crippen molar-refractivity contribution in [1.29, 1.82) is 0 Å². The number of unbranched alkanes of at least 4 members (excludes halogenated alkanes) is 41. The van der Waals surface area contributed by atoms with Crippen LogP contribution in [0.15, 0.2) is 12.2 Å². The first-order valence-corrected chi connectivity index (χ1v) is 28.9. The molecule has 0 fully saturated rings. The Hall–Kier alpha value is -1.40. The first-order chi connectivity index (χ1) is 31.5. The fourth-order valence-corrected chi connectivity index (χ4v) is 9.11. The van der Waals surface area contributed by atoms with E-state index < -0.39 is 12.1 Å². The van der Waals surface area contributed by atoms with Crippen LogP contribution >= 0.6 is 0 Å². The van der Waals surface area contributed by atoms with Crippen LogP contribution in [0, 0.1) is 0 Å². The maximum absolute atomic E-state index is 12.5. The van der Waals surface area contributed by atoms with E-state index >= 15 is 0 Å². The van der Waals surface area contributed by atoms with Gasteiger partial charge in [-0.15, -0.1) is 0 Å². The number of allylic oxidation sites excluding steroid dienone is 2. The van der Waals surface area contributed by atoms with E-state index in [2.05, 4.69) is 31.3 Å². The molecule has 0 aliphatic heterocycles. The number of nitrogens with one attached hydrogen (secondary N) is 1. The molecule has 0 aromatic heterocycles. The Kier molecular flexibility index (Phi) is 53.0. The normalized spacial score (nSPS) is 12.6. The van der Waals surface area contributed by atoms with E-state index in [9.17, 15) is 19.8 Å². The maximum Gasteiger partial charge on any atom is 0.305 e. The zero-order valence-corrected chi connectivity index (χ0v) is 43.3. The van der Waals surface area contributed by atoms with Crippen LogP contribution in [0.25, 0.3) is 0 Å². The van der Waals surface area contributed by atoms with Crippen LogP contribution in [-0.4, -0.2) is 47.4 Å². The van der Waals surface area contributed by atoms with Crippen molar-refractivity contribution in [2.75, 3.05) is 13.2 Å². The van der Waals surface area contributed by atoms with Gasteiger partial charge in [-0.1, -0.05) is 270 Å². The van der Waals surface area contributed by atoms with Crippen LogP contribution in [0.2, 0.25) is 0 Å². The van der Waals surface area contributed by atoms with Gasteiger partial charge in [-0.25, -0.2) is 0 Å². The highest BCUT2D eigenvalue weighted by Gasteiger charge is 2.20. The van der Waals surface area contributed by atoms with E-state index in [0.29, 0.717) is 25.9 Å². The lowest BCUT2D eigenvalue weighted by Gasteiger charge is -2.22. The van der Waals surface area contributed by atoms with Crippen molar-refractivity contribution in [3.05, 3.63) is 12.2 Å². The van der Waals surface area contributed by atoms with Gasteiger partial charge in [-0.3, -0.25) is 9.59 Å². The number of carbonyl (C=O) groups excluding carboxylic acids is 2. The summed E-state index contributed by atoms with van der Waals surface area (Å²) >= 11 is 0. The summed E-state index contributed by atoms with van der Waals surface area (Å²) in [4.78, 5) is 24.5. The first kappa shape index (κ1) is 62.6. The van der Waals surface area contributed by atoms with Crippen molar-refractivity contribution in [3.8, 4) is 0 Å². The third-order valence-corrected chi connectivity index (χ3v) is 13.6. The van der Waals surface area contributed by atoms with Crippen molar-refractivity contribution in [2.45, 2.75) is 334 Å². The number of aliphatic hydroxyl groups is 2. The average Bonchev–Trinajstić information content (AvgIpc) is 3.29. The van der Waals surface area contributed by atoms with Crippen LogP contribution < -0.4 is 5.32 Å². The molecule has 1 amide bonds. The summed E-state index contributed by atoms with van der Waals surface area (Å²) in [5.41, 5.74) is 0. The fraction of sp³-hybridized carbons (Fsp3) is 0.931. The second-order valence-electron chi connectivity index (χ2n) is 20.0. The van der Waals surface area contributed by atoms with Gasteiger partial charge in [0.05, 0.1) is 25.4 Å². The van der Waals surface area contributed by atoms with Crippen LogP contribution in [0.5, 0.6) is 0 Å². The Labute approximate surface area is 399 Å². The Morgan fingerprint density at radius 3 is 1.11 bits per heavy atom. The van der Waals surface area contributed by atoms with E-state index in [0.717, 1.165) is 51.4 Å². The fourth-order valence-electron chi connectivity index (χ4n) is 9.11. The summed E-state index contributed by atoms with van der Waals surface area (Å²) in [6, 6.07) is -0.549. The molecule has 0 bridgehead atoms. The molecule has 0 saturated carbocycles. The number of aliphatic hydroxyl groups excluding tert-OH is 2. The molecule has 0 aliphatic carbocycles. The number of rotatable bonds is 54. The number of carbonyl (C=O) groups is 2. The van der Waals surface area contributed by atoms with Crippen molar-refractivity contribution < 1.29 is 24.5 Å². The number of ether oxygens (including phenoxy) is 1. The summed E-state index contributed by atoms with van der Waals surface area (Å²) in [5, 5.41) is 23.3. The summed E-state index contributed by atoms with van der Waals surface area (Å²) in [6.07, 6.45) is 63.4. The zero-order valence-electron chi connectivity index (χ0n) is 43.3. The van der Waals surface area contributed by atoms with E-state index in [1.807, 2.05) is 0 Å². The molecule has 0 spiro atoms. The highest BCUT2D eigenvalue weighted by atomic mass is 16.5. The Morgan fingerprint density at radius 2 is 0.734 bits per heavy atom. The summed E-state index contributed by atoms with van der Waals surface area (Å²) in [5.74, 6) is -0.0479. The lowest BCUT2D eigenvalue weighted by Crippen LogP contribution is -2.45. The summed E-state index contributed by atoms with van der Waals surface area (Å²) in [6.45, 7) is 4.95. The topological polar surface area (TPSA) is 95.9 Å². The van der Waals surface area contributed by atoms with E-state index in [1.165, 1.54) is 238 Å². The van der Waals surface area contributed by atoms with Gasteiger partial charge in [-0.05, 0) is 51.4 Å². The van der Waals surface area contributed by atoms with Gasteiger partial charge < -0.3 is 20.3 Å². The molecule has 3 N–H and O–H groups in total. The predicted molar refractivity (Wildman–Crippen MR) is 278 cm³/mol. The Bertz CT molecular complexity index is 955. The second-order valence-corrected chi connectivity index (χ2v) is 20.0. The van der Waals surface area contributed by atoms with Crippen molar-refractivity contribution in [2.24, 2.45) is 0 Å². The third kappa shape index (κ3) is 50.0. The van der Waals surface area contributed by atoms with Gasteiger partial charge in [0.2, 0.25) is 5.91 Å². The predicted octanol–water partition coefficient (Wildman–Crippen LogP) is 17.7. The van der Waals surface area contributed by atoms with E-state index in [-0.39, 0.29) is 18.5 Å². The smallest absolute Gasteiger partial charge is 0.305 e. The summed E-state index contributed by atoms with van der Waals surface area (Å²) < 4.78 is 5.48. The Balaban J connectivity index is 3.42.